The zero-order valence-corrected chi connectivity index (χ0v) is 16.7. The van der Waals surface area contributed by atoms with Crippen LogP contribution in [0.4, 0.5) is 13.2 Å². The summed E-state index contributed by atoms with van der Waals surface area (Å²) in [6, 6.07) is 5.74. The summed E-state index contributed by atoms with van der Waals surface area (Å²) >= 11 is 0. The maximum absolute atomic E-state index is 13.4. The minimum atomic E-state index is -4.48. The third kappa shape index (κ3) is 3.57. The largest absolute Gasteiger partial charge is 0.416 e. The van der Waals surface area contributed by atoms with Crippen molar-refractivity contribution >= 4 is 11.8 Å². The Morgan fingerprint density at radius 2 is 2.07 bits per heavy atom. The summed E-state index contributed by atoms with van der Waals surface area (Å²) < 4.78 is 41.4. The fourth-order valence-electron chi connectivity index (χ4n) is 4.73. The predicted molar refractivity (Wildman–Crippen MR) is 102 cm³/mol. The summed E-state index contributed by atoms with van der Waals surface area (Å²) in [5.41, 5.74) is -0.852. The number of fused-ring (bicyclic) bond motifs is 1. The van der Waals surface area contributed by atoms with Gasteiger partial charge in [0, 0.05) is 19.7 Å². The molecule has 30 heavy (non-hydrogen) atoms. The zero-order valence-electron chi connectivity index (χ0n) is 16.7. The highest BCUT2D eigenvalue weighted by atomic mass is 19.4. The predicted octanol–water partition coefficient (Wildman–Crippen LogP) is 3.45. The summed E-state index contributed by atoms with van der Waals surface area (Å²) in [6.07, 6.45) is -0.935. The van der Waals surface area contributed by atoms with E-state index in [1.807, 2.05) is 6.92 Å². The Morgan fingerprint density at radius 3 is 2.73 bits per heavy atom. The maximum atomic E-state index is 13.4. The molecule has 0 unspecified atom stereocenters. The lowest BCUT2D eigenvalue weighted by molar-refractivity contribution is -0.137. The van der Waals surface area contributed by atoms with Crippen LogP contribution in [0, 0.1) is 0 Å². The second-order valence-corrected chi connectivity index (χ2v) is 8.30. The Balaban J connectivity index is 1.79. The van der Waals surface area contributed by atoms with E-state index in [-0.39, 0.29) is 23.6 Å². The number of hydrogen-bond donors (Lipinski definition) is 1. The molecule has 1 N–H and O–H groups in total. The van der Waals surface area contributed by atoms with E-state index in [1.54, 1.807) is 30.3 Å². The van der Waals surface area contributed by atoms with Crippen LogP contribution in [0.5, 0.6) is 0 Å². The summed E-state index contributed by atoms with van der Waals surface area (Å²) in [6.45, 7) is 1.87. The van der Waals surface area contributed by atoms with Crippen molar-refractivity contribution in [1.82, 2.24) is 20.0 Å². The Morgan fingerprint density at radius 1 is 1.30 bits per heavy atom. The molecule has 0 saturated carbocycles. The Kier molecular flexibility index (Phi) is 4.86. The molecule has 3 atom stereocenters. The molecule has 0 spiro atoms. The van der Waals surface area contributed by atoms with Crippen LogP contribution in [-0.2, 0) is 18.0 Å². The maximum Gasteiger partial charge on any atom is 0.416 e. The normalized spacial score (nSPS) is 26.8. The van der Waals surface area contributed by atoms with E-state index >= 15 is 0 Å². The van der Waals surface area contributed by atoms with Gasteiger partial charge in [0.05, 0.1) is 23.2 Å². The summed E-state index contributed by atoms with van der Waals surface area (Å²) in [5.74, 6) is -0.446. The van der Waals surface area contributed by atoms with Crippen LogP contribution >= 0.6 is 0 Å². The number of amides is 2. The molecule has 1 aromatic heterocycles. The molecule has 4 rings (SSSR count). The van der Waals surface area contributed by atoms with Gasteiger partial charge in [-0.1, -0.05) is 12.1 Å². The molecule has 0 radical (unpaired) electrons. The Bertz CT molecular complexity index is 987. The topological polar surface area (TPSA) is 67.2 Å². The Labute approximate surface area is 172 Å². The molecule has 160 valence electrons. The highest BCUT2D eigenvalue weighted by Gasteiger charge is 2.53. The second kappa shape index (κ2) is 7.14. The first kappa shape index (κ1) is 20.4. The van der Waals surface area contributed by atoms with Gasteiger partial charge in [-0.05, 0) is 49.9 Å². The first-order chi connectivity index (χ1) is 14.1. The molecule has 0 bridgehead atoms. The monoisotopic (exact) mass is 420 g/mol. The lowest BCUT2D eigenvalue weighted by Crippen LogP contribution is -2.54. The standard InChI is InChI=1S/C21H23F3N4O2/c1-20-12-16(13-5-3-6-14(11-13)21(22,23)24)28(17(20)7-4-8-18(29)25-20)19(30)15-9-10-27(2)26-15/h3,5-6,9-11,16-17H,4,7-8,12H2,1-2H3,(H,25,29)/t16-,17-,20-/m0/s1. The molecule has 9 heteroatoms. The molecule has 2 fully saturated rings. The van der Waals surface area contributed by atoms with Gasteiger partial charge in [-0.3, -0.25) is 14.3 Å². The van der Waals surface area contributed by atoms with E-state index in [9.17, 15) is 22.8 Å². The molecule has 6 nitrogen and oxygen atoms in total. The van der Waals surface area contributed by atoms with Crippen molar-refractivity contribution in [2.24, 2.45) is 7.05 Å². The van der Waals surface area contributed by atoms with Crippen molar-refractivity contribution in [1.29, 1.82) is 0 Å². The highest BCUT2D eigenvalue weighted by molar-refractivity contribution is 5.93. The van der Waals surface area contributed by atoms with Crippen molar-refractivity contribution in [3.05, 3.63) is 53.3 Å². The van der Waals surface area contributed by atoms with Crippen molar-refractivity contribution < 1.29 is 22.8 Å². The number of nitrogens with one attached hydrogen (secondary N) is 1. The van der Waals surface area contributed by atoms with E-state index in [2.05, 4.69) is 10.4 Å². The van der Waals surface area contributed by atoms with Crippen molar-refractivity contribution in [2.45, 2.75) is 56.4 Å². The van der Waals surface area contributed by atoms with Gasteiger partial charge in [-0.2, -0.15) is 18.3 Å². The molecule has 1 aromatic carbocycles. The van der Waals surface area contributed by atoms with Crippen LogP contribution in [0.3, 0.4) is 0 Å². The van der Waals surface area contributed by atoms with E-state index in [1.165, 1.54) is 10.7 Å². The van der Waals surface area contributed by atoms with Gasteiger partial charge in [0.15, 0.2) is 0 Å². The second-order valence-electron chi connectivity index (χ2n) is 8.30. The smallest absolute Gasteiger partial charge is 0.349 e. The molecule has 2 amide bonds. The van der Waals surface area contributed by atoms with E-state index in [0.717, 1.165) is 12.1 Å². The number of nitrogens with zero attached hydrogens (tertiary/aromatic N) is 3. The van der Waals surface area contributed by atoms with Crippen LogP contribution in [0.15, 0.2) is 36.5 Å². The summed E-state index contributed by atoms with van der Waals surface area (Å²) in [5, 5.41) is 7.22. The summed E-state index contributed by atoms with van der Waals surface area (Å²) in [4.78, 5) is 27.3. The number of carbonyl (C=O) groups excluding carboxylic acids is 2. The lowest BCUT2D eigenvalue weighted by atomic mass is 9.88. The average Bonchev–Trinajstić information content (AvgIpc) is 3.18. The quantitative estimate of drug-likeness (QED) is 0.809. The number of aromatic nitrogens is 2. The third-order valence-electron chi connectivity index (χ3n) is 6.10. The highest BCUT2D eigenvalue weighted by Crippen LogP contribution is 2.46. The lowest BCUT2D eigenvalue weighted by Gasteiger charge is -2.34. The zero-order chi connectivity index (χ0) is 21.7. The number of aryl methyl sites for hydroxylation is 1. The van der Waals surface area contributed by atoms with Gasteiger partial charge >= 0.3 is 6.18 Å². The SMILES string of the molecule is Cn1ccc(C(=O)N2[C@H]3CCCC(=O)N[C@@]3(C)C[C@H]2c2cccc(C(F)(F)F)c2)n1. The van der Waals surface area contributed by atoms with Gasteiger partial charge in [0.25, 0.3) is 5.91 Å². The van der Waals surface area contributed by atoms with Crippen LogP contribution in [-0.4, -0.2) is 38.1 Å². The van der Waals surface area contributed by atoms with Crippen molar-refractivity contribution in [3.8, 4) is 0 Å². The molecule has 2 aromatic rings. The fourth-order valence-corrected chi connectivity index (χ4v) is 4.73. The number of halogens is 3. The Hall–Kier alpha value is -2.84. The molecular weight excluding hydrogens is 397 g/mol. The van der Waals surface area contributed by atoms with Gasteiger partial charge in [0.1, 0.15) is 5.69 Å². The van der Waals surface area contributed by atoms with Crippen molar-refractivity contribution in [2.75, 3.05) is 0 Å². The first-order valence-electron chi connectivity index (χ1n) is 9.89. The molecule has 2 saturated heterocycles. The van der Waals surface area contributed by atoms with Crippen LogP contribution < -0.4 is 5.32 Å². The van der Waals surface area contributed by atoms with Gasteiger partial charge < -0.3 is 10.2 Å². The van der Waals surface area contributed by atoms with E-state index in [4.69, 9.17) is 0 Å². The number of hydrogen-bond acceptors (Lipinski definition) is 3. The number of carbonyl (C=O) groups is 2. The minimum Gasteiger partial charge on any atom is -0.349 e. The number of benzene rings is 1. The molecule has 0 aliphatic carbocycles. The van der Waals surface area contributed by atoms with E-state index < -0.39 is 23.3 Å². The third-order valence-corrected chi connectivity index (χ3v) is 6.10. The van der Waals surface area contributed by atoms with Gasteiger partial charge in [0.2, 0.25) is 5.91 Å². The van der Waals surface area contributed by atoms with Crippen molar-refractivity contribution in [3.63, 3.8) is 0 Å². The number of alkyl halides is 3. The summed E-state index contributed by atoms with van der Waals surface area (Å²) in [7, 11) is 1.70. The van der Waals surface area contributed by atoms with Crippen LogP contribution in [0.1, 0.15) is 60.3 Å². The van der Waals surface area contributed by atoms with E-state index in [0.29, 0.717) is 31.2 Å². The van der Waals surface area contributed by atoms with Gasteiger partial charge in [-0.25, -0.2) is 0 Å². The van der Waals surface area contributed by atoms with Crippen LogP contribution in [0.25, 0.3) is 0 Å². The first-order valence-corrected chi connectivity index (χ1v) is 9.89. The number of rotatable bonds is 2. The molecule has 2 aliphatic rings. The average molecular weight is 420 g/mol. The molecular formula is C21H23F3N4O2. The van der Waals surface area contributed by atoms with Crippen LogP contribution in [0.2, 0.25) is 0 Å². The van der Waals surface area contributed by atoms with Gasteiger partial charge in [-0.15, -0.1) is 0 Å². The minimum absolute atomic E-state index is 0.102. The molecule has 2 aliphatic heterocycles. The molecule has 3 heterocycles. The number of likely N-dealkylation sites (tertiary alicyclic amines) is 1. The fraction of sp³-hybridized carbons (Fsp3) is 0.476.